The summed E-state index contributed by atoms with van der Waals surface area (Å²) in [5.74, 6) is 0.880. The van der Waals surface area contributed by atoms with Gasteiger partial charge in [-0.2, -0.15) is 10.5 Å². The summed E-state index contributed by atoms with van der Waals surface area (Å²) in [6.45, 7) is 12.8. The average molecular weight is 1460 g/mol. The molecule has 8 aromatic rings. The molecule has 0 saturated carbocycles. The number of sulfonamides is 2. The van der Waals surface area contributed by atoms with E-state index in [1.54, 1.807) is 72.8 Å². The summed E-state index contributed by atoms with van der Waals surface area (Å²) in [7, 11) is -8.77. The van der Waals surface area contributed by atoms with E-state index in [-0.39, 0.29) is 68.7 Å². The number of pyridine rings is 2. The van der Waals surface area contributed by atoms with Crippen molar-refractivity contribution in [2.45, 2.75) is 73.4 Å². The van der Waals surface area contributed by atoms with E-state index >= 15 is 0 Å². The van der Waals surface area contributed by atoms with Crippen molar-refractivity contribution in [2.75, 3.05) is 103 Å². The van der Waals surface area contributed by atoms with E-state index in [0.29, 0.717) is 69.6 Å². The number of rotatable bonds is 30. The number of para-hydroxylation sites is 2. The smallest absolute Gasteiger partial charge is 0.246 e. The minimum Gasteiger partial charge on any atom is -0.494 e. The molecule has 0 aliphatic carbocycles. The van der Waals surface area contributed by atoms with E-state index in [1.165, 1.54) is 111 Å². The van der Waals surface area contributed by atoms with Crippen molar-refractivity contribution >= 4 is 67.8 Å². The van der Waals surface area contributed by atoms with Gasteiger partial charge in [0, 0.05) is 79.2 Å². The summed E-state index contributed by atoms with van der Waals surface area (Å²) >= 11 is 0. The summed E-state index contributed by atoms with van der Waals surface area (Å²) in [5.41, 5.74) is 1.74. The van der Waals surface area contributed by atoms with Gasteiger partial charge in [-0.05, 0) is 72.8 Å². The van der Waals surface area contributed by atoms with Gasteiger partial charge in [-0.25, -0.2) is 52.2 Å². The highest BCUT2D eigenvalue weighted by Crippen LogP contribution is 2.42. The van der Waals surface area contributed by atoms with Gasteiger partial charge in [-0.3, -0.25) is 9.13 Å². The second-order valence-electron chi connectivity index (χ2n) is 24.5. The Hall–Kier alpha value is -9.01. The minimum atomic E-state index is -4.37. The molecule has 8 rings (SSSR count). The maximum Gasteiger partial charge on any atom is 0.246 e. The molecule has 4 heterocycles. The fourth-order valence-electron chi connectivity index (χ4n) is 10.1. The van der Waals surface area contributed by atoms with Crippen LogP contribution in [0.1, 0.15) is 34.5 Å². The Kier molecular flexibility index (Phi) is 24.7. The average Bonchev–Trinajstić information content (AvgIpc) is 1.38. The van der Waals surface area contributed by atoms with E-state index in [2.05, 4.69) is 69.6 Å². The van der Waals surface area contributed by atoms with E-state index in [1.807, 2.05) is 12.1 Å². The lowest BCUT2D eigenvalue weighted by Crippen LogP contribution is -2.40. The van der Waals surface area contributed by atoms with Crippen LogP contribution in [-0.2, 0) is 49.2 Å². The molecule has 0 bridgehead atoms. The number of hydrogen-bond acceptors (Lipinski definition) is 24. The van der Waals surface area contributed by atoms with Crippen LogP contribution in [0.2, 0.25) is 51.4 Å². The van der Waals surface area contributed by atoms with Crippen molar-refractivity contribution < 1.29 is 71.6 Å². The third kappa shape index (κ3) is 18.0. The van der Waals surface area contributed by atoms with Crippen molar-refractivity contribution in [3.8, 4) is 81.3 Å². The monoisotopic (exact) mass is 1460 g/mol. The highest BCUT2D eigenvalue weighted by molar-refractivity contribution is 7.93. The van der Waals surface area contributed by atoms with Crippen molar-refractivity contribution in [3.05, 3.63) is 131 Å². The number of hydrogen-bond donors (Lipinski definition) is 0. The lowest BCUT2D eigenvalue weighted by Gasteiger charge is -2.29. The molecule has 0 N–H and O–H groups in total. The van der Waals surface area contributed by atoms with Crippen LogP contribution in [0.3, 0.4) is 0 Å². The third-order valence-electron chi connectivity index (χ3n) is 15.2. The Labute approximate surface area is 574 Å². The lowest BCUT2D eigenvalue weighted by atomic mass is 10.1. The quantitative estimate of drug-likeness (QED) is 0.0379. The molecule has 34 heteroatoms. The summed E-state index contributed by atoms with van der Waals surface area (Å²) in [6.07, 6.45) is -0.473. The Morgan fingerprint density at radius 2 is 0.786 bits per heavy atom. The number of benzene rings is 4. The second-order valence-corrected chi connectivity index (χ2v) is 43.6. The zero-order valence-electron chi connectivity index (χ0n) is 57.3. The second kappa shape index (κ2) is 31.7. The van der Waals surface area contributed by atoms with Gasteiger partial charge < -0.3 is 37.9 Å². The molecule has 0 aliphatic heterocycles. The van der Waals surface area contributed by atoms with Crippen LogP contribution in [0.5, 0.6) is 34.8 Å². The van der Waals surface area contributed by atoms with Crippen molar-refractivity contribution in [2.24, 2.45) is 0 Å². The van der Waals surface area contributed by atoms with Crippen LogP contribution >= 0.6 is 0 Å². The van der Waals surface area contributed by atoms with Crippen molar-refractivity contribution in [3.63, 3.8) is 0 Å². The Morgan fingerprint density at radius 1 is 0.459 bits per heavy atom. The van der Waals surface area contributed by atoms with Crippen molar-refractivity contribution in [1.82, 2.24) is 39.5 Å². The zero-order chi connectivity index (χ0) is 72.3. The first-order valence-electron chi connectivity index (χ1n) is 30.1. The molecular formula is C64H80N12O16S4Si2. The van der Waals surface area contributed by atoms with E-state index < -0.39 is 79.6 Å². The predicted molar refractivity (Wildman–Crippen MR) is 375 cm³/mol. The number of ether oxygens (including phenoxy) is 8. The molecule has 0 fully saturated rings. The molecular weight excluding hydrogens is 1380 g/mol. The highest BCUT2D eigenvalue weighted by Gasteiger charge is 2.39. The first-order chi connectivity index (χ1) is 46.2. The number of methoxy groups -OCH3 is 8. The first kappa shape index (κ1) is 76.4. The van der Waals surface area contributed by atoms with Crippen LogP contribution < -0.4 is 37.0 Å². The summed E-state index contributed by atoms with van der Waals surface area (Å²) < 4.78 is 160. The van der Waals surface area contributed by atoms with Gasteiger partial charge >= 0.3 is 0 Å². The summed E-state index contributed by atoms with van der Waals surface area (Å²) in [4.78, 5) is 8.68. The molecule has 0 amide bonds. The molecule has 0 radical (unpaired) electrons. The van der Waals surface area contributed by atoms with Crippen molar-refractivity contribution in [1.29, 1.82) is 10.5 Å². The molecule has 28 nitrogen and oxygen atoms in total. The minimum absolute atomic E-state index is 0.0297. The standard InChI is InChI=1S/2C32H40N6O8S2Si/c2*1-43-25-12-10-13-26(44-2)30(25)38-31(24-11-9-14-29(34-24)46-4)35-36-32(38)37(17-18-49(6,7)8)48(41,42)21-27(45-3)23-16-15-22(20-33)19-28(23)47(5,39)40/h2*9-16,19,27H,17-18,21H2,1-8H3/t2*27-/m00/s1. The summed E-state index contributed by atoms with van der Waals surface area (Å²) in [6, 6.07) is 33.4. The van der Waals surface area contributed by atoms with Crippen LogP contribution in [0, 0.1) is 22.7 Å². The number of aromatic nitrogens is 8. The molecule has 0 spiro atoms. The molecule has 2 atom stereocenters. The molecule has 4 aromatic carbocycles. The van der Waals surface area contributed by atoms with Gasteiger partial charge in [0.1, 0.15) is 45.8 Å². The normalized spacial score (nSPS) is 12.6. The largest absolute Gasteiger partial charge is 0.494 e. The molecule has 4 aromatic heterocycles. The number of nitriles is 2. The number of anilines is 2. The fourth-order valence-corrected chi connectivity index (χ4v) is 17.4. The van der Waals surface area contributed by atoms with Crippen LogP contribution in [0.15, 0.2) is 119 Å². The summed E-state index contributed by atoms with van der Waals surface area (Å²) in [5, 5.41) is 36.6. The van der Waals surface area contributed by atoms with Crippen LogP contribution in [-0.4, -0.2) is 183 Å². The Morgan fingerprint density at radius 3 is 1.06 bits per heavy atom. The SMILES string of the molecule is COc1cccc(-c2nnc(N(CC[Si](C)(C)C)S(=O)(=O)C[C@H](OC)c3ccc(C#N)cc3S(C)(=O)=O)n2-c2c(OC)cccc2OC)n1.COc1cccc(-c2nnc(N(CC[Si](C)(C)C)S(=O)(=O)C[C@H](OC)c3ccc(C#N)cc3S(C)(=O)=O)n2-c2c(OC)cccc2OC)n1. The van der Waals surface area contributed by atoms with Gasteiger partial charge in [0.2, 0.25) is 43.7 Å². The van der Waals surface area contributed by atoms with Gasteiger partial charge in [-0.1, -0.05) is 75.7 Å². The van der Waals surface area contributed by atoms with Crippen LogP contribution in [0.25, 0.3) is 34.4 Å². The number of nitrogens with zero attached hydrogens (tertiary/aromatic N) is 12. The maximum absolute atomic E-state index is 14.7. The van der Waals surface area contributed by atoms with Crippen LogP contribution in [0.4, 0.5) is 11.9 Å². The Bertz CT molecular complexity index is 4400. The van der Waals surface area contributed by atoms with Gasteiger partial charge in [-0.15, -0.1) is 20.4 Å². The third-order valence-corrected chi connectivity index (χ3v) is 24.4. The number of sulfone groups is 2. The van der Waals surface area contributed by atoms with E-state index in [4.69, 9.17) is 37.9 Å². The van der Waals surface area contributed by atoms with Gasteiger partial charge in [0.05, 0.1) is 99.4 Å². The molecule has 0 aliphatic rings. The zero-order valence-corrected chi connectivity index (χ0v) is 62.6. The Balaban J connectivity index is 0.000000276. The maximum atomic E-state index is 14.7. The molecule has 0 unspecified atom stereocenters. The van der Waals surface area contributed by atoms with Gasteiger partial charge in [0.15, 0.2) is 31.3 Å². The fraction of sp³-hybridized carbons (Fsp3) is 0.375. The lowest BCUT2D eigenvalue weighted by molar-refractivity contribution is 0.119. The molecule has 98 heavy (non-hydrogen) atoms. The first-order valence-corrected chi connectivity index (χ1v) is 44.5. The molecule has 0 saturated heterocycles. The predicted octanol–water partition coefficient (Wildman–Crippen LogP) is 8.98. The van der Waals surface area contributed by atoms with E-state index in [9.17, 15) is 44.2 Å². The van der Waals surface area contributed by atoms with Gasteiger partial charge in [0.25, 0.3) is 0 Å². The topological polar surface area (TPSA) is 352 Å². The van der Waals surface area contributed by atoms with E-state index in [0.717, 1.165) is 12.5 Å². The highest BCUT2D eigenvalue weighted by atomic mass is 32.2. The molecule has 524 valence electrons.